The maximum atomic E-state index is 12.6. The zero-order chi connectivity index (χ0) is 21.7. The van der Waals surface area contributed by atoms with Gasteiger partial charge >= 0.3 is 5.97 Å². The van der Waals surface area contributed by atoms with Crippen molar-refractivity contribution in [3.63, 3.8) is 0 Å². The van der Waals surface area contributed by atoms with Gasteiger partial charge in [0.05, 0.1) is 26.4 Å². The Hall–Kier alpha value is -2.55. The molecule has 0 radical (unpaired) electrons. The summed E-state index contributed by atoms with van der Waals surface area (Å²) >= 11 is 1.44. The van der Waals surface area contributed by atoms with Crippen molar-refractivity contribution in [1.29, 1.82) is 0 Å². The van der Waals surface area contributed by atoms with Gasteiger partial charge in [-0.3, -0.25) is 4.79 Å². The number of thiophene rings is 1. The third-order valence-corrected chi connectivity index (χ3v) is 5.93. The molecular weight excluding hydrogens is 440 g/mol. The quantitative estimate of drug-likeness (QED) is 0.491. The van der Waals surface area contributed by atoms with Gasteiger partial charge in [-0.25, -0.2) is 4.79 Å². The van der Waals surface area contributed by atoms with Crippen molar-refractivity contribution in [2.75, 3.05) is 39.7 Å². The number of hydrogen-bond acceptors (Lipinski definition) is 7. The Balaban J connectivity index is 0.00000341. The second kappa shape index (κ2) is 11.2. The molecule has 0 saturated heterocycles. The van der Waals surface area contributed by atoms with E-state index in [4.69, 9.17) is 14.2 Å². The standard InChI is InChI=1S/C22H26N2O5S.ClH/c1-5-29-22(26)20-15-10-11-24(2)13-18(15)30-21(20)23-19(25)9-7-14-6-8-16(27-3)17(12-14)28-4;/h6-9,12H,5,10-11,13H2,1-4H3,(H,23,25);1H/b9-7+;. The molecule has 0 aliphatic carbocycles. The molecule has 0 atom stereocenters. The maximum Gasteiger partial charge on any atom is 0.341 e. The number of amides is 1. The Labute approximate surface area is 192 Å². The highest BCUT2D eigenvalue weighted by Gasteiger charge is 2.28. The number of ether oxygens (including phenoxy) is 3. The summed E-state index contributed by atoms with van der Waals surface area (Å²) < 4.78 is 15.7. The van der Waals surface area contributed by atoms with E-state index in [2.05, 4.69) is 10.2 Å². The molecule has 1 aliphatic heterocycles. The monoisotopic (exact) mass is 466 g/mol. The number of rotatable bonds is 7. The Bertz CT molecular complexity index is 973. The van der Waals surface area contributed by atoms with Crippen LogP contribution in [0.2, 0.25) is 0 Å². The Morgan fingerprint density at radius 2 is 1.97 bits per heavy atom. The third kappa shape index (κ3) is 5.78. The second-order valence-corrected chi connectivity index (χ2v) is 7.96. The molecule has 2 aromatic rings. The average molecular weight is 467 g/mol. The highest BCUT2D eigenvalue weighted by molar-refractivity contribution is 7.17. The summed E-state index contributed by atoms with van der Waals surface area (Å²) in [5.74, 6) is 0.494. The van der Waals surface area contributed by atoms with Gasteiger partial charge in [0.15, 0.2) is 11.5 Å². The molecular formula is C22H27ClN2O5S. The average Bonchev–Trinajstić information content (AvgIpc) is 3.08. The predicted octanol–water partition coefficient (Wildman–Crippen LogP) is 4.00. The van der Waals surface area contributed by atoms with Crippen LogP contribution in [0.5, 0.6) is 11.5 Å². The van der Waals surface area contributed by atoms with Crippen molar-refractivity contribution in [3.05, 3.63) is 45.8 Å². The minimum absolute atomic E-state index is 0. The van der Waals surface area contributed by atoms with Gasteiger partial charge in [-0.1, -0.05) is 6.07 Å². The van der Waals surface area contributed by atoms with Crippen molar-refractivity contribution in [2.24, 2.45) is 0 Å². The number of anilines is 1. The molecule has 1 aliphatic rings. The molecule has 31 heavy (non-hydrogen) atoms. The first-order valence-corrected chi connectivity index (χ1v) is 10.5. The van der Waals surface area contributed by atoms with Gasteiger partial charge in [-0.05, 0) is 49.7 Å². The van der Waals surface area contributed by atoms with Gasteiger partial charge in [0.2, 0.25) is 5.91 Å². The van der Waals surface area contributed by atoms with Crippen molar-refractivity contribution in [1.82, 2.24) is 4.90 Å². The number of carbonyl (C=O) groups is 2. The lowest BCUT2D eigenvalue weighted by Crippen LogP contribution is -2.26. The maximum absolute atomic E-state index is 12.6. The normalized spacial score (nSPS) is 13.3. The van der Waals surface area contributed by atoms with Crippen LogP contribution in [-0.2, 0) is 22.5 Å². The van der Waals surface area contributed by atoms with E-state index in [-0.39, 0.29) is 24.9 Å². The summed E-state index contributed by atoms with van der Waals surface area (Å²) in [5.41, 5.74) is 2.26. The molecule has 3 rings (SSSR count). The number of nitrogens with zero attached hydrogens (tertiary/aromatic N) is 1. The highest BCUT2D eigenvalue weighted by atomic mass is 35.5. The number of fused-ring (bicyclic) bond motifs is 1. The third-order valence-electron chi connectivity index (χ3n) is 4.80. The van der Waals surface area contributed by atoms with E-state index in [0.717, 1.165) is 35.5 Å². The lowest BCUT2D eigenvalue weighted by Gasteiger charge is -2.22. The Kier molecular flexibility index (Phi) is 8.91. The second-order valence-electron chi connectivity index (χ2n) is 6.85. The fraction of sp³-hybridized carbons (Fsp3) is 0.364. The zero-order valence-corrected chi connectivity index (χ0v) is 19.7. The van der Waals surface area contributed by atoms with Crippen LogP contribution < -0.4 is 14.8 Å². The molecule has 7 nitrogen and oxygen atoms in total. The fourth-order valence-corrected chi connectivity index (χ4v) is 4.64. The van der Waals surface area contributed by atoms with E-state index in [1.54, 1.807) is 39.4 Å². The molecule has 0 fully saturated rings. The lowest BCUT2D eigenvalue weighted by atomic mass is 10.0. The van der Waals surface area contributed by atoms with E-state index in [1.165, 1.54) is 17.4 Å². The molecule has 168 valence electrons. The summed E-state index contributed by atoms with van der Waals surface area (Å²) in [6, 6.07) is 5.39. The van der Waals surface area contributed by atoms with E-state index >= 15 is 0 Å². The SMILES string of the molecule is CCOC(=O)c1c(NC(=O)/C=C/c2ccc(OC)c(OC)c2)sc2c1CCN(C)C2.Cl. The number of methoxy groups -OCH3 is 2. The topological polar surface area (TPSA) is 77.1 Å². The number of carbonyl (C=O) groups excluding carboxylic acids is 2. The van der Waals surface area contributed by atoms with Crippen LogP contribution in [0.3, 0.4) is 0 Å². The Morgan fingerprint density at radius 3 is 2.65 bits per heavy atom. The van der Waals surface area contributed by atoms with Crippen molar-refractivity contribution in [2.45, 2.75) is 19.9 Å². The molecule has 1 amide bonds. The van der Waals surface area contributed by atoms with Crippen molar-refractivity contribution >= 4 is 46.7 Å². The zero-order valence-electron chi connectivity index (χ0n) is 18.0. The predicted molar refractivity (Wildman–Crippen MR) is 125 cm³/mol. The van der Waals surface area contributed by atoms with Gasteiger partial charge < -0.3 is 24.4 Å². The number of nitrogens with one attached hydrogen (secondary N) is 1. The minimum atomic E-state index is -0.390. The van der Waals surface area contributed by atoms with Crippen LogP contribution >= 0.6 is 23.7 Å². The molecule has 0 saturated carbocycles. The molecule has 1 aromatic carbocycles. The molecule has 9 heteroatoms. The van der Waals surface area contributed by atoms with Gasteiger partial charge in [0.1, 0.15) is 5.00 Å². The fourth-order valence-electron chi connectivity index (χ4n) is 3.32. The van der Waals surface area contributed by atoms with E-state index in [0.29, 0.717) is 22.1 Å². The van der Waals surface area contributed by atoms with E-state index in [9.17, 15) is 9.59 Å². The molecule has 2 heterocycles. The number of halogens is 1. The summed E-state index contributed by atoms with van der Waals surface area (Å²) in [4.78, 5) is 28.4. The lowest BCUT2D eigenvalue weighted by molar-refractivity contribution is -0.111. The van der Waals surface area contributed by atoms with Gasteiger partial charge in [-0.15, -0.1) is 23.7 Å². The first kappa shape index (κ1) is 24.7. The van der Waals surface area contributed by atoms with Gasteiger partial charge in [0.25, 0.3) is 0 Å². The summed E-state index contributed by atoms with van der Waals surface area (Å²) in [6.07, 6.45) is 3.87. The number of benzene rings is 1. The smallest absolute Gasteiger partial charge is 0.341 e. The number of likely N-dealkylation sites (N-methyl/N-ethyl adjacent to an activating group) is 1. The van der Waals surface area contributed by atoms with Crippen molar-refractivity contribution in [3.8, 4) is 11.5 Å². The van der Waals surface area contributed by atoms with E-state index in [1.807, 2.05) is 13.1 Å². The van der Waals surface area contributed by atoms with Gasteiger partial charge in [0, 0.05) is 24.0 Å². The van der Waals surface area contributed by atoms with Crippen LogP contribution in [0, 0.1) is 0 Å². The number of esters is 1. The molecule has 0 unspecified atom stereocenters. The van der Waals surface area contributed by atoms with Crippen LogP contribution in [0.15, 0.2) is 24.3 Å². The summed E-state index contributed by atoms with van der Waals surface area (Å²) in [7, 11) is 5.17. The highest BCUT2D eigenvalue weighted by Crippen LogP contribution is 2.37. The van der Waals surface area contributed by atoms with Crippen LogP contribution in [-0.4, -0.2) is 51.2 Å². The van der Waals surface area contributed by atoms with E-state index < -0.39 is 5.97 Å². The van der Waals surface area contributed by atoms with Gasteiger partial charge in [-0.2, -0.15) is 0 Å². The summed E-state index contributed by atoms with van der Waals surface area (Å²) in [6.45, 7) is 3.68. The molecule has 1 N–H and O–H groups in total. The summed E-state index contributed by atoms with van der Waals surface area (Å²) in [5, 5.41) is 3.40. The number of hydrogen-bond donors (Lipinski definition) is 1. The Morgan fingerprint density at radius 1 is 1.23 bits per heavy atom. The van der Waals surface area contributed by atoms with Crippen LogP contribution in [0.4, 0.5) is 5.00 Å². The molecule has 1 aromatic heterocycles. The van der Waals surface area contributed by atoms with Crippen LogP contribution in [0.1, 0.15) is 33.3 Å². The molecule has 0 bridgehead atoms. The minimum Gasteiger partial charge on any atom is -0.493 e. The first-order chi connectivity index (χ1) is 14.5. The largest absolute Gasteiger partial charge is 0.493 e. The first-order valence-electron chi connectivity index (χ1n) is 9.68. The van der Waals surface area contributed by atoms with Crippen molar-refractivity contribution < 1.29 is 23.8 Å². The van der Waals surface area contributed by atoms with Crippen LogP contribution in [0.25, 0.3) is 6.08 Å². The molecule has 0 spiro atoms.